The summed E-state index contributed by atoms with van der Waals surface area (Å²) >= 11 is 0. The van der Waals surface area contributed by atoms with E-state index in [0.717, 1.165) is 36.9 Å². The standard InChI is InChI=1S/C13H19N3O3S/c17-13(14-9-6-7-20(18,19)8-9)12-10-4-2-1-3-5-11(10)15-16-12/h9H,1-8H2,(H,14,17)(H,15,16)/t9-/m0/s1. The average molecular weight is 297 g/mol. The molecule has 1 amide bonds. The van der Waals surface area contributed by atoms with E-state index in [2.05, 4.69) is 15.5 Å². The lowest BCUT2D eigenvalue weighted by Crippen LogP contribution is -2.36. The van der Waals surface area contributed by atoms with E-state index in [0.29, 0.717) is 12.1 Å². The first-order chi connectivity index (χ1) is 9.55. The largest absolute Gasteiger partial charge is 0.347 e. The number of carbonyl (C=O) groups excluding carboxylic acids is 1. The summed E-state index contributed by atoms with van der Waals surface area (Å²) < 4.78 is 22.8. The fourth-order valence-corrected chi connectivity index (χ4v) is 4.68. The maximum Gasteiger partial charge on any atom is 0.272 e. The first-order valence-corrected chi connectivity index (χ1v) is 8.95. The second-order valence-electron chi connectivity index (χ2n) is 5.66. The molecular weight excluding hydrogens is 278 g/mol. The molecule has 1 aromatic heterocycles. The Bertz CT molecular complexity index is 621. The minimum atomic E-state index is -2.98. The van der Waals surface area contributed by atoms with Crippen molar-refractivity contribution in [3.63, 3.8) is 0 Å². The molecule has 0 aromatic carbocycles. The Morgan fingerprint density at radius 1 is 1.25 bits per heavy atom. The highest BCUT2D eigenvalue weighted by Gasteiger charge is 2.30. The van der Waals surface area contributed by atoms with Crippen LogP contribution in [0.2, 0.25) is 0 Å². The van der Waals surface area contributed by atoms with Crippen molar-refractivity contribution in [2.24, 2.45) is 0 Å². The second kappa shape index (κ2) is 5.20. The topological polar surface area (TPSA) is 91.9 Å². The number of hydrogen-bond donors (Lipinski definition) is 2. The van der Waals surface area contributed by atoms with Gasteiger partial charge in [-0.2, -0.15) is 5.10 Å². The summed E-state index contributed by atoms with van der Waals surface area (Å²) in [6, 6.07) is -0.273. The smallest absolute Gasteiger partial charge is 0.272 e. The molecule has 2 heterocycles. The molecule has 3 rings (SSSR count). The van der Waals surface area contributed by atoms with Crippen LogP contribution in [0.3, 0.4) is 0 Å². The lowest BCUT2D eigenvalue weighted by molar-refractivity contribution is 0.0935. The molecule has 1 atom stereocenters. The Morgan fingerprint density at radius 3 is 2.80 bits per heavy atom. The Balaban J connectivity index is 1.73. The van der Waals surface area contributed by atoms with Gasteiger partial charge >= 0.3 is 0 Å². The SMILES string of the molecule is O=C(N[C@H]1CCS(=O)(=O)C1)c1n[nH]c2c1CCCCC2. The number of aryl methyl sites for hydroxylation is 1. The van der Waals surface area contributed by atoms with Crippen LogP contribution < -0.4 is 5.32 Å². The van der Waals surface area contributed by atoms with Crippen molar-refractivity contribution in [3.8, 4) is 0 Å². The third kappa shape index (κ3) is 2.72. The normalized spacial score (nSPS) is 24.9. The number of rotatable bonds is 2. The van der Waals surface area contributed by atoms with Crippen molar-refractivity contribution < 1.29 is 13.2 Å². The Morgan fingerprint density at radius 2 is 2.05 bits per heavy atom. The van der Waals surface area contributed by atoms with E-state index in [9.17, 15) is 13.2 Å². The van der Waals surface area contributed by atoms with Gasteiger partial charge < -0.3 is 5.32 Å². The van der Waals surface area contributed by atoms with E-state index in [-0.39, 0.29) is 23.5 Å². The molecule has 0 spiro atoms. The maximum absolute atomic E-state index is 12.3. The van der Waals surface area contributed by atoms with Crippen LogP contribution in [0.1, 0.15) is 47.4 Å². The van der Waals surface area contributed by atoms with Gasteiger partial charge in [0.05, 0.1) is 11.5 Å². The van der Waals surface area contributed by atoms with Crippen molar-refractivity contribution in [1.29, 1.82) is 0 Å². The van der Waals surface area contributed by atoms with E-state index >= 15 is 0 Å². The molecule has 2 N–H and O–H groups in total. The highest BCUT2D eigenvalue weighted by atomic mass is 32.2. The van der Waals surface area contributed by atoms with Crippen LogP contribution in [0.15, 0.2) is 0 Å². The van der Waals surface area contributed by atoms with Gasteiger partial charge in [-0.05, 0) is 32.1 Å². The van der Waals surface area contributed by atoms with Gasteiger partial charge in [0.2, 0.25) is 0 Å². The molecule has 0 saturated carbocycles. The fourth-order valence-electron chi connectivity index (χ4n) is 3.01. The first-order valence-electron chi connectivity index (χ1n) is 7.12. The first kappa shape index (κ1) is 13.6. The molecule has 1 saturated heterocycles. The van der Waals surface area contributed by atoms with Crippen molar-refractivity contribution in [3.05, 3.63) is 17.0 Å². The summed E-state index contributed by atoms with van der Waals surface area (Å²) in [5.41, 5.74) is 2.53. The summed E-state index contributed by atoms with van der Waals surface area (Å²) in [7, 11) is -2.98. The molecular formula is C13H19N3O3S. The molecule has 2 aliphatic rings. The number of aromatic amines is 1. The lowest BCUT2D eigenvalue weighted by atomic mass is 10.1. The molecule has 20 heavy (non-hydrogen) atoms. The van der Waals surface area contributed by atoms with Crippen LogP contribution in [0.25, 0.3) is 0 Å². The predicted octanol–water partition coefficient (Wildman–Crippen LogP) is 0.595. The van der Waals surface area contributed by atoms with Gasteiger partial charge in [-0.15, -0.1) is 0 Å². The second-order valence-corrected chi connectivity index (χ2v) is 7.89. The third-order valence-electron chi connectivity index (χ3n) is 4.09. The summed E-state index contributed by atoms with van der Waals surface area (Å²) in [6.07, 6.45) is 5.68. The van der Waals surface area contributed by atoms with Gasteiger partial charge in [-0.25, -0.2) is 8.42 Å². The Hall–Kier alpha value is -1.37. The number of nitrogens with zero attached hydrogens (tertiary/aromatic N) is 1. The zero-order valence-electron chi connectivity index (χ0n) is 11.3. The molecule has 0 unspecified atom stereocenters. The van der Waals surface area contributed by atoms with Crippen LogP contribution in [-0.2, 0) is 22.7 Å². The highest BCUT2D eigenvalue weighted by Crippen LogP contribution is 2.22. The summed E-state index contributed by atoms with van der Waals surface area (Å²) in [5.74, 6) is -0.0337. The molecule has 1 aliphatic heterocycles. The average Bonchev–Trinajstić information content (AvgIpc) is 2.85. The molecule has 6 nitrogen and oxygen atoms in total. The van der Waals surface area contributed by atoms with Gasteiger partial charge in [-0.1, -0.05) is 6.42 Å². The van der Waals surface area contributed by atoms with Crippen molar-refractivity contribution in [2.75, 3.05) is 11.5 Å². The summed E-state index contributed by atoms with van der Waals surface area (Å²) in [5, 5.41) is 9.90. The molecule has 0 bridgehead atoms. The molecule has 0 radical (unpaired) electrons. The number of carbonyl (C=O) groups is 1. The minimum Gasteiger partial charge on any atom is -0.347 e. The van der Waals surface area contributed by atoms with Gasteiger partial charge in [0.1, 0.15) is 0 Å². The molecule has 110 valence electrons. The van der Waals surface area contributed by atoms with Crippen LogP contribution in [0.4, 0.5) is 0 Å². The van der Waals surface area contributed by atoms with Crippen LogP contribution >= 0.6 is 0 Å². The molecule has 1 aromatic rings. The number of aromatic nitrogens is 2. The maximum atomic E-state index is 12.3. The predicted molar refractivity (Wildman–Crippen MR) is 74.4 cm³/mol. The van der Waals surface area contributed by atoms with Crippen molar-refractivity contribution >= 4 is 15.7 Å². The molecule has 1 fully saturated rings. The Labute approximate surface area is 118 Å². The number of nitrogens with one attached hydrogen (secondary N) is 2. The van der Waals surface area contributed by atoms with Crippen LogP contribution in [0, 0.1) is 0 Å². The number of amides is 1. The lowest BCUT2D eigenvalue weighted by Gasteiger charge is -2.10. The minimum absolute atomic E-state index is 0.0470. The third-order valence-corrected chi connectivity index (χ3v) is 5.86. The van der Waals surface area contributed by atoms with E-state index in [1.807, 2.05) is 0 Å². The van der Waals surface area contributed by atoms with Gasteiger partial charge in [0.15, 0.2) is 15.5 Å². The van der Waals surface area contributed by atoms with E-state index < -0.39 is 9.84 Å². The van der Waals surface area contributed by atoms with Crippen LogP contribution in [-0.4, -0.2) is 42.1 Å². The van der Waals surface area contributed by atoms with Crippen molar-refractivity contribution in [2.45, 2.75) is 44.6 Å². The molecule has 7 heteroatoms. The Kier molecular flexibility index (Phi) is 3.54. The zero-order valence-corrected chi connectivity index (χ0v) is 12.1. The summed E-state index contributed by atoms with van der Waals surface area (Å²) in [4.78, 5) is 12.3. The van der Waals surface area contributed by atoms with E-state index in [4.69, 9.17) is 0 Å². The van der Waals surface area contributed by atoms with E-state index in [1.165, 1.54) is 6.42 Å². The number of H-pyrrole nitrogens is 1. The van der Waals surface area contributed by atoms with Gasteiger partial charge in [-0.3, -0.25) is 9.89 Å². The number of hydrogen-bond acceptors (Lipinski definition) is 4. The zero-order chi connectivity index (χ0) is 14.2. The fraction of sp³-hybridized carbons (Fsp3) is 0.692. The van der Waals surface area contributed by atoms with E-state index in [1.54, 1.807) is 0 Å². The molecule has 1 aliphatic carbocycles. The van der Waals surface area contributed by atoms with Crippen LogP contribution in [0.5, 0.6) is 0 Å². The summed E-state index contributed by atoms with van der Waals surface area (Å²) in [6.45, 7) is 0. The van der Waals surface area contributed by atoms with Gasteiger partial charge in [0.25, 0.3) is 5.91 Å². The van der Waals surface area contributed by atoms with Crippen molar-refractivity contribution in [1.82, 2.24) is 15.5 Å². The number of sulfone groups is 1. The monoisotopic (exact) mass is 297 g/mol. The quantitative estimate of drug-likeness (QED) is 0.782. The number of fused-ring (bicyclic) bond motifs is 1. The highest BCUT2D eigenvalue weighted by molar-refractivity contribution is 7.91. The van der Waals surface area contributed by atoms with Gasteiger partial charge in [0, 0.05) is 17.3 Å².